The molecule has 84 valence electrons. The van der Waals surface area contributed by atoms with Gasteiger partial charge in [0.15, 0.2) is 0 Å². The van der Waals surface area contributed by atoms with Crippen LogP contribution in [-0.4, -0.2) is 17.8 Å². The highest BCUT2D eigenvalue weighted by molar-refractivity contribution is 5.19. The van der Waals surface area contributed by atoms with Crippen LogP contribution in [0.25, 0.3) is 0 Å². The molecule has 3 heteroatoms. The van der Waals surface area contributed by atoms with Crippen molar-refractivity contribution in [3.05, 3.63) is 35.6 Å². The Morgan fingerprint density at radius 1 is 1.33 bits per heavy atom. The van der Waals surface area contributed by atoms with Crippen LogP contribution in [-0.2, 0) is 4.74 Å². The lowest BCUT2D eigenvalue weighted by molar-refractivity contribution is 0.0457. The van der Waals surface area contributed by atoms with Crippen LogP contribution in [0.5, 0.6) is 0 Å². The van der Waals surface area contributed by atoms with Crippen molar-refractivity contribution in [2.24, 2.45) is 0 Å². The number of aliphatic hydroxyl groups is 1. The summed E-state index contributed by atoms with van der Waals surface area (Å²) in [7, 11) is 0. The van der Waals surface area contributed by atoms with E-state index >= 15 is 0 Å². The topological polar surface area (TPSA) is 29.5 Å². The summed E-state index contributed by atoms with van der Waals surface area (Å²) in [4.78, 5) is 0. The minimum atomic E-state index is -0.787. The van der Waals surface area contributed by atoms with Crippen LogP contribution in [0.3, 0.4) is 0 Å². The van der Waals surface area contributed by atoms with Crippen LogP contribution in [0.4, 0.5) is 4.39 Å². The molecule has 0 saturated carbocycles. The van der Waals surface area contributed by atoms with Crippen molar-refractivity contribution < 1.29 is 14.2 Å². The van der Waals surface area contributed by atoms with Gasteiger partial charge in [-0.15, -0.1) is 0 Å². The van der Waals surface area contributed by atoms with E-state index < -0.39 is 6.10 Å². The molecular weight excluding hydrogens is 195 g/mol. The first kappa shape index (κ1) is 12.1. The maximum atomic E-state index is 13.2. The monoisotopic (exact) mass is 212 g/mol. The first-order valence-corrected chi connectivity index (χ1v) is 5.15. The molecule has 0 amide bonds. The van der Waals surface area contributed by atoms with Crippen molar-refractivity contribution >= 4 is 0 Å². The van der Waals surface area contributed by atoms with E-state index in [2.05, 4.69) is 0 Å². The molecule has 1 atom stereocenters. The fourth-order valence-electron chi connectivity index (χ4n) is 1.32. The molecule has 0 saturated heterocycles. The Balaban J connectivity index is 2.47. The highest BCUT2D eigenvalue weighted by atomic mass is 19.1. The molecule has 0 radical (unpaired) electrons. The maximum absolute atomic E-state index is 13.2. The number of ether oxygens (including phenoxy) is 1. The molecule has 0 fully saturated rings. The molecule has 1 aromatic rings. The van der Waals surface area contributed by atoms with Crippen molar-refractivity contribution in [2.45, 2.75) is 32.5 Å². The van der Waals surface area contributed by atoms with Gasteiger partial charge in [0.2, 0.25) is 0 Å². The van der Waals surface area contributed by atoms with E-state index in [-0.39, 0.29) is 11.9 Å². The number of halogens is 1. The van der Waals surface area contributed by atoms with Gasteiger partial charge in [0.1, 0.15) is 5.82 Å². The molecule has 0 heterocycles. The van der Waals surface area contributed by atoms with Gasteiger partial charge < -0.3 is 9.84 Å². The van der Waals surface area contributed by atoms with Crippen LogP contribution in [0.2, 0.25) is 0 Å². The summed E-state index contributed by atoms with van der Waals surface area (Å²) in [5, 5.41) is 9.69. The third-order valence-corrected chi connectivity index (χ3v) is 2.11. The molecule has 1 unspecified atom stereocenters. The zero-order valence-electron chi connectivity index (χ0n) is 9.11. The molecule has 15 heavy (non-hydrogen) atoms. The van der Waals surface area contributed by atoms with Crippen molar-refractivity contribution in [2.75, 3.05) is 6.61 Å². The van der Waals surface area contributed by atoms with Gasteiger partial charge in [-0.2, -0.15) is 0 Å². The Morgan fingerprint density at radius 3 is 2.60 bits per heavy atom. The molecule has 0 aliphatic carbocycles. The molecule has 1 N–H and O–H groups in total. The first-order valence-electron chi connectivity index (χ1n) is 5.15. The zero-order chi connectivity index (χ0) is 11.3. The number of aliphatic hydroxyl groups excluding tert-OH is 1. The fourth-order valence-corrected chi connectivity index (χ4v) is 1.32. The predicted octanol–water partition coefficient (Wildman–Crippen LogP) is 2.67. The molecule has 0 aromatic heterocycles. The Morgan fingerprint density at radius 2 is 2.00 bits per heavy atom. The molecule has 2 nitrogen and oxygen atoms in total. The smallest absolute Gasteiger partial charge is 0.128 e. The van der Waals surface area contributed by atoms with Gasteiger partial charge in [-0.3, -0.25) is 0 Å². The lowest BCUT2D eigenvalue weighted by Crippen LogP contribution is -2.09. The Labute approximate surface area is 89.7 Å². The zero-order valence-corrected chi connectivity index (χ0v) is 9.11. The third kappa shape index (κ3) is 3.98. The molecule has 0 bridgehead atoms. The Bertz CT molecular complexity index is 299. The van der Waals surface area contributed by atoms with E-state index in [9.17, 15) is 9.50 Å². The van der Waals surface area contributed by atoms with Crippen LogP contribution in [0.1, 0.15) is 31.9 Å². The normalized spacial score (nSPS) is 13.1. The summed E-state index contributed by atoms with van der Waals surface area (Å²) < 4.78 is 18.5. The summed E-state index contributed by atoms with van der Waals surface area (Å²) in [6, 6.07) is 6.26. The average molecular weight is 212 g/mol. The second-order valence-electron chi connectivity index (χ2n) is 3.75. The number of benzene rings is 1. The molecule has 0 aliphatic rings. The quantitative estimate of drug-likeness (QED) is 0.813. The van der Waals surface area contributed by atoms with Crippen LogP contribution >= 0.6 is 0 Å². The molecule has 1 rings (SSSR count). The average Bonchev–Trinajstić information content (AvgIpc) is 2.17. The van der Waals surface area contributed by atoms with Gasteiger partial charge in [0.25, 0.3) is 0 Å². The van der Waals surface area contributed by atoms with Gasteiger partial charge in [-0.25, -0.2) is 4.39 Å². The predicted molar refractivity (Wildman–Crippen MR) is 57.1 cm³/mol. The van der Waals surface area contributed by atoms with Gasteiger partial charge in [-0.1, -0.05) is 18.2 Å². The number of hydrogen-bond donors (Lipinski definition) is 1. The molecule has 1 aromatic carbocycles. The second-order valence-corrected chi connectivity index (χ2v) is 3.75. The lowest BCUT2D eigenvalue weighted by atomic mass is 10.1. The van der Waals surface area contributed by atoms with Crippen LogP contribution in [0.15, 0.2) is 24.3 Å². The largest absolute Gasteiger partial charge is 0.388 e. The van der Waals surface area contributed by atoms with E-state index in [0.717, 1.165) is 0 Å². The molecule has 0 aliphatic heterocycles. The van der Waals surface area contributed by atoms with E-state index in [0.29, 0.717) is 18.6 Å². The summed E-state index contributed by atoms with van der Waals surface area (Å²) >= 11 is 0. The number of rotatable bonds is 5. The maximum Gasteiger partial charge on any atom is 0.128 e. The first-order chi connectivity index (χ1) is 7.11. The van der Waals surface area contributed by atoms with Crippen molar-refractivity contribution in [3.63, 3.8) is 0 Å². The minimum Gasteiger partial charge on any atom is -0.388 e. The Hall–Kier alpha value is -0.930. The molecular formula is C12H17FO2. The van der Waals surface area contributed by atoms with Gasteiger partial charge in [0.05, 0.1) is 12.2 Å². The lowest BCUT2D eigenvalue weighted by Gasteiger charge is -2.13. The van der Waals surface area contributed by atoms with E-state index in [1.165, 1.54) is 6.07 Å². The van der Waals surface area contributed by atoms with Crippen molar-refractivity contribution in [1.82, 2.24) is 0 Å². The summed E-state index contributed by atoms with van der Waals surface area (Å²) in [6.07, 6.45) is -0.234. The van der Waals surface area contributed by atoms with E-state index in [1.54, 1.807) is 18.2 Å². The second kappa shape index (κ2) is 5.83. The standard InChI is InChI=1S/C12H17FO2/c1-9(2)15-8-7-12(14)10-5-3-4-6-11(10)13/h3-6,9,12,14H,7-8H2,1-2H3. The van der Waals surface area contributed by atoms with Crippen LogP contribution < -0.4 is 0 Å². The fraction of sp³-hybridized carbons (Fsp3) is 0.500. The Kier molecular flexibility index (Phi) is 4.72. The van der Waals surface area contributed by atoms with Crippen LogP contribution in [0, 0.1) is 5.82 Å². The minimum absolute atomic E-state index is 0.137. The van der Waals surface area contributed by atoms with Gasteiger partial charge in [-0.05, 0) is 19.9 Å². The third-order valence-electron chi connectivity index (χ3n) is 2.11. The van der Waals surface area contributed by atoms with Crippen molar-refractivity contribution in [3.8, 4) is 0 Å². The summed E-state index contributed by atoms with van der Waals surface area (Å²) in [5.41, 5.74) is 0.338. The number of hydrogen-bond acceptors (Lipinski definition) is 2. The van der Waals surface area contributed by atoms with E-state index in [1.807, 2.05) is 13.8 Å². The van der Waals surface area contributed by atoms with E-state index in [4.69, 9.17) is 4.74 Å². The van der Waals surface area contributed by atoms with Crippen molar-refractivity contribution in [1.29, 1.82) is 0 Å². The summed E-state index contributed by atoms with van der Waals surface area (Å²) in [6.45, 7) is 4.29. The van der Waals surface area contributed by atoms with Gasteiger partial charge >= 0.3 is 0 Å². The molecule has 0 spiro atoms. The van der Waals surface area contributed by atoms with Gasteiger partial charge in [0, 0.05) is 18.6 Å². The SMILES string of the molecule is CC(C)OCCC(O)c1ccccc1F. The highest BCUT2D eigenvalue weighted by Crippen LogP contribution is 2.19. The highest BCUT2D eigenvalue weighted by Gasteiger charge is 2.11. The summed E-state index contributed by atoms with van der Waals surface area (Å²) in [5.74, 6) is -0.366.